The molecule has 12 heteroatoms. The van der Waals surface area contributed by atoms with Crippen molar-refractivity contribution in [1.29, 1.82) is 0 Å². The highest BCUT2D eigenvalue weighted by molar-refractivity contribution is 6.66. The van der Waals surface area contributed by atoms with Gasteiger partial charge >= 0.3 is 23.4 Å². The molecule has 0 spiro atoms. The van der Waals surface area contributed by atoms with Gasteiger partial charge in [0.25, 0.3) is 0 Å². The van der Waals surface area contributed by atoms with Crippen molar-refractivity contribution in [2.24, 2.45) is 0 Å². The third kappa shape index (κ3) is 17.0. The van der Waals surface area contributed by atoms with E-state index in [-0.39, 0.29) is 6.03 Å². The summed E-state index contributed by atoms with van der Waals surface area (Å²) in [4.78, 5) is 11.9. The molecule has 0 rings (SSSR count). The summed E-state index contributed by atoms with van der Waals surface area (Å²) in [5.74, 6) is 0. The fourth-order valence-electron chi connectivity index (χ4n) is 3.60. The molecule has 10 nitrogen and oxygen atoms in total. The molecule has 4 N–H and O–H groups in total. The van der Waals surface area contributed by atoms with Crippen LogP contribution in [0.3, 0.4) is 0 Å². The fraction of sp³-hybridized carbons (Fsp3) is 0.955. The molecule has 0 aromatic heterocycles. The van der Waals surface area contributed by atoms with Crippen molar-refractivity contribution in [2.45, 2.75) is 66.1 Å². The molecule has 34 heavy (non-hydrogen) atoms. The van der Waals surface area contributed by atoms with Gasteiger partial charge in [0.2, 0.25) is 0 Å². The Morgan fingerprint density at radius 2 is 1.00 bits per heavy atom. The van der Waals surface area contributed by atoms with Gasteiger partial charge in [-0.2, -0.15) is 0 Å². The highest BCUT2D eigenvalue weighted by Gasteiger charge is 2.39. The van der Waals surface area contributed by atoms with E-state index < -0.39 is 17.4 Å². The van der Waals surface area contributed by atoms with Gasteiger partial charge in [-0.25, -0.2) is 4.79 Å². The average Bonchev–Trinajstić information content (AvgIpc) is 2.78. The lowest BCUT2D eigenvalue weighted by molar-refractivity contribution is 0.0708. The van der Waals surface area contributed by atoms with Crippen molar-refractivity contribution >= 4 is 23.4 Å². The van der Waals surface area contributed by atoms with Gasteiger partial charge < -0.3 is 43.4 Å². The summed E-state index contributed by atoms with van der Waals surface area (Å²) >= 11 is 0. The molecule has 0 aliphatic rings. The predicted molar refractivity (Wildman–Crippen MR) is 141 cm³/mol. The van der Waals surface area contributed by atoms with Gasteiger partial charge in [0, 0.05) is 65.3 Å². The minimum Gasteiger partial charge on any atom is -0.395 e. The van der Waals surface area contributed by atoms with Crippen molar-refractivity contribution in [3.8, 4) is 0 Å². The summed E-state index contributed by atoms with van der Waals surface area (Å²) in [6, 6.07) is 1.61. The normalized spacial score (nSPS) is 12.2. The number of carbonyl (C=O) groups is 1. The van der Waals surface area contributed by atoms with Crippen LogP contribution in [-0.4, -0.2) is 95.7 Å². The molecule has 0 heterocycles. The first-order valence-corrected chi connectivity index (χ1v) is 17.5. The number of hydrogen-bond donors (Lipinski definition) is 4. The second-order valence-corrected chi connectivity index (χ2v) is 13.9. The van der Waals surface area contributed by atoms with E-state index in [0.717, 1.165) is 44.6 Å². The molecule has 0 aliphatic heterocycles. The van der Waals surface area contributed by atoms with Crippen molar-refractivity contribution in [3.63, 3.8) is 0 Å². The smallest absolute Gasteiger partial charge is 0.395 e. The number of amides is 2. The molecule has 0 saturated carbocycles. The molecule has 2 amide bonds. The van der Waals surface area contributed by atoms with Crippen LogP contribution in [0.4, 0.5) is 4.79 Å². The zero-order chi connectivity index (χ0) is 25.5. The van der Waals surface area contributed by atoms with Gasteiger partial charge in [0.05, 0.1) is 0 Å². The van der Waals surface area contributed by atoms with E-state index in [1.54, 1.807) is 0 Å². The highest BCUT2D eigenvalue weighted by Crippen LogP contribution is 2.18. The SMILES string of the molecule is CCO[Si](C)(CCCNCCNC(=O)NCCNCCC[Si](OCC)(OCC)OCC)OCC. The lowest BCUT2D eigenvalue weighted by atomic mass is 10.4. The molecular formula is C22H52N4O6Si2. The number of rotatable bonds is 24. The lowest BCUT2D eigenvalue weighted by Gasteiger charge is -2.28. The Kier molecular flexibility index (Phi) is 21.3. The van der Waals surface area contributed by atoms with E-state index in [1.807, 2.05) is 34.6 Å². The van der Waals surface area contributed by atoms with Crippen LogP contribution < -0.4 is 21.3 Å². The van der Waals surface area contributed by atoms with E-state index in [0.29, 0.717) is 52.7 Å². The van der Waals surface area contributed by atoms with E-state index in [1.165, 1.54) is 0 Å². The van der Waals surface area contributed by atoms with Crippen LogP contribution in [0.25, 0.3) is 0 Å². The first-order chi connectivity index (χ1) is 16.4. The van der Waals surface area contributed by atoms with Crippen LogP contribution in [0.1, 0.15) is 47.5 Å². The fourth-order valence-corrected chi connectivity index (χ4v) is 8.63. The van der Waals surface area contributed by atoms with Gasteiger partial charge in [0.15, 0.2) is 0 Å². The van der Waals surface area contributed by atoms with Gasteiger partial charge in [0.1, 0.15) is 0 Å². The van der Waals surface area contributed by atoms with Gasteiger partial charge in [-0.1, -0.05) is 0 Å². The van der Waals surface area contributed by atoms with Crippen molar-refractivity contribution in [3.05, 3.63) is 0 Å². The zero-order valence-corrected chi connectivity index (χ0v) is 24.6. The number of hydrogen-bond acceptors (Lipinski definition) is 8. The Morgan fingerprint density at radius 1 is 0.588 bits per heavy atom. The minimum atomic E-state index is -2.56. The maximum Gasteiger partial charge on any atom is 0.500 e. The topological polar surface area (TPSA) is 111 Å². The van der Waals surface area contributed by atoms with Crippen molar-refractivity contribution < 1.29 is 26.9 Å². The highest BCUT2D eigenvalue weighted by atomic mass is 28.4. The van der Waals surface area contributed by atoms with E-state index in [9.17, 15) is 4.79 Å². The van der Waals surface area contributed by atoms with E-state index in [4.69, 9.17) is 22.1 Å². The van der Waals surface area contributed by atoms with Gasteiger partial charge in [-0.15, -0.1) is 0 Å². The molecule has 0 saturated heterocycles. The van der Waals surface area contributed by atoms with E-state index in [2.05, 4.69) is 27.8 Å². The summed E-state index contributed by atoms with van der Waals surface area (Å²) in [7, 11) is -4.59. The Hall–Kier alpha value is -0.576. The molecule has 0 radical (unpaired) electrons. The Morgan fingerprint density at radius 3 is 1.41 bits per heavy atom. The van der Waals surface area contributed by atoms with Crippen LogP contribution in [0.2, 0.25) is 18.6 Å². The second kappa shape index (κ2) is 21.7. The maximum absolute atomic E-state index is 11.9. The molecule has 0 unspecified atom stereocenters. The maximum atomic E-state index is 11.9. The summed E-state index contributed by atoms with van der Waals surface area (Å²) in [6.45, 7) is 19.5. The van der Waals surface area contributed by atoms with Gasteiger partial charge in [-0.3, -0.25) is 0 Å². The Balaban J connectivity index is 3.76. The summed E-state index contributed by atoms with van der Waals surface area (Å²) in [5, 5.41) is 12.4. The van der Waals surface area contributed by atoms with Crippen molar-refractivity contribution in [2.75, 3.05) is 72.3 Å². The molecule has 0 atom stereocenters. The van der Waals surface area contributed by atoms with Crippen molar-refractivity contribution in [1.82, 2.24) is 21.3 Å². The summed E-state index contributed by atoms with van der Waals surface area (Å²) in [5.41, 5.74) is 0. The Labute approximate surface area is 210 Å². The molecule has 0 aromatic rings. The van der Waals surface area contributed by atoms with Crippen LogP contribution in [0.5, 0.6) is 0 Å². The van der Waals surface area contributed by atoms with Gasteiger partial charge in [-0.05, 0) is 73.1 Å². The molecule has 204 valence electrons. The quantitative estimate of drug-likeness (QED) is 0.113. The molecule has 0 bridgehead atoms. The van der Waals surface area contributed by atoms with Crippen LogP contribution >= 0.6 is 0 Å². The van der Waals surface area contributed by atoms with Crippen LogP contribution in [-0.2, 0) is 22.1 Å². The minimum absolute atomic E-state index is 0.147. The molecular weight excluding hydrogens is 472 g/mol. The van der Waals surface area contributed by atoms with Crippen LogP contribution in [0, 0.1) is 0 Å². The zero-order valence-electron chi connectivity index (χ0n) is 22.6. The third-order valence-corrected chi connectivity index (χ3v) is 11.2. The first kappa shape index (κ1) is 33.4. The van der Waals surface area contributed by atoms with Crippen LogP contribution in [0.15, 0.2) is 0 Å². The Bertz CT molecular complexity index is 471. The average molecular weight is 525 g/mol. The largest absolute Gasteiger partial charge is 0.500 e. The molecule has 0 fully saturated rings. The monoisotopic (exact) mass is 524 g/mol. The summed E-state index contributed by atoms with van der Waals surface area (Å²) < 4.78 is 29.3. The number of urea groups is 1. The second-order valence-electron chi connectivity index (χ2n) is 7.87. The molecule has 0 aromatic carbocycles. The summed E-state index contributed by atoms with van der Waals surface area (Å²) in [6.07, 6.45) is 1.91. The predicted octanol–water partition coefficient (Wildman–Crippen LogP) is 2.44. The first-order valence-electron chi connectivity index (χ1n) is 13.0. The third-order valence-electron chi connectivity index (χ3n) is 4.99. The standard InChI is InChI=1S/C22H52N4O6Si2/c1-7-28-33(6,29-8-2)20-12-14-23-16-18-25-22(27)26-19-17-24-15-13-21-34(30-9-3,31-10-4)32-11-5/h23-24H,7-21H2,1-6H3,(H2,25,26,27). The number of carbonyl (C=O) groups excluding carboxylic acids is 1. The van der Waals surface area contributed by atoms with E-state index >= 15 is 0 Å². The lowest BCUT2D eigenvalue weighted by Crippen LogP contribution is -2.46. The number of nitrogens with one attached hydrogen (secondary N) is 4. The molecule has 0 aliphatic carbocycles.